The zero-order valence-corrected chi connectivity index (χ0v) is 11.4. The average molecular weight is 262 g/mol. The molecule has 4 heteroatoms. The minimum atomic E-state index is 0.557. The van der Waals surface area contributed by atoms with Gasteiger partial charge in [-0.3, -0.25) is 0 Å². The summed E-state index contributed by atoms with van der Waals surface area (Å²) in [7, 11) is 0. The van der Waals surface area contributed by atoms with Crippen LogP contribution in [-0.2, 0) is 0 Å². The van der Waals surface area contributed by atoms with Gasteiger partial charge in [0, 0.05) is 17.5 Å². The second kappa shape index (κ2) is 5.22. The van der Waals surface area contributed by atoms with E-state index in [-0.39, 0.29) is 0 Å². The number of hydrogen-bond acceptors (Lipinski definition) is 4. The number of furan rings is 1. The van der Waals surface area contributed by atoms with E-state index in [1.807, 2.05) is 12.1 Å². The molecule has 2 unspecified atom stereocenters. The van der Waals surface area contributed by atoms with Gasteiger partial charge < -0.3 is 9.73 Å². The molecule has 2 atom stereocenters. The van der Waals surface area contributed by atoms with Gasteiger partial charge in [-0.2, -0.15) is 11.8 Å². The molecule has 0 aliphatic heterocycles. The number of pyridine rings is 1. The Hall–Kier alpha value is -1.16. The molecule has 1 aliphatic rings. The van der Waals surface area contributed by atoms with Gasteiger partial charge in [-0.15, -0.1) is 0 Å². The predicted octanol–water partition coefficient (Wildman–Crippen LogP) is 3.91. The molecule has 1 saturated carbocycles. The fourth-order valence-electron chi connectivity index (χ4n) is 2.66. The molecule has 3 rings (SSSR count). The lowest BCUT2D eigenvalue weighted by atomic mass is 10.2. The van der Waals surface area contributed by atoms with Crippen molar-refractivity contribution in [2.75, 3.05) is 11.1 Å². The third-order valence-corrected chi connectivity index (χ3v) is 4.74. The summed E-state index contributed by atoms with van der Waals surface area (Å²) in [6.45, 7) is 2.24. The molecular formula is C14H18N2OS. The number of nitrogens with zero attached hydrogens (tertiary/aromatic N) is 1. The van der Waals surface area contributed by atoms with Gasteiger partial charge in [0.25, 0.3) is 0 Å². The van der Waals surface area contributed by atoms with E-state index in [4.69, 9.17) is 4.42 Å². The Morgan fingerprint density at radius 1 is 1.44 bits per heavy atom. The number of thioether (sulfide) groups is 1. The van der Waals surface area contributed by atoms with Crippen molar-refractivity contribution in [3.8, 4) is 0 Å². The zero-order chi connectivity index (χ0) is 12.4. The second-order valence-corrected chi connectivity index (χ2v) is 6.30. The van der Waals surface area contributed by atoms with Crippen molar-refractivity contribution in [3.05, 3.63) is 24.6 Å². The maximum absolute atomic E-state index is 5.40. The fraction of sp³-hybridized carbons (Fsp3) is 0.500. The molecule has 3 nitrogen and oxygen atoms in total. The first-order chi connectivity index (χ1) is 8.86. The normalized spacial score (nSPS) is 23.6. The Bertz CT molecular complexity index is 525. The first-order valence-corrected chi connectivity index (χ1v) is 7.62. The lowest BCUT2D eigenvalue weighted by Gasteiger charge is -2.14. The van der Waals surface area contributed by atoms with Gasteiger partial charge in [0.1, 0.15) is 11.4 Å². The first kappa shape index (κ1) is 11.9. The Balaban J connectivity index is 1.71. The lowest BCUT2D eigenvalue weighted by molar-refractivity contribution is 0.615. The molecule has 2 aromatic heterocycles. The van der Waals surface area contributed by atoms with Crippen LogP contribution in [0.2, 0.25) is 0 Å². The minimum Gasteiger partial charge on any atom is -0.464 e. The van der Waals surface area contributed by atoms with Crippen LogP contribution < -0.4 is 5.32 Å². The van der Waals surface area contributed by atoms with Crippen molar-refractivity contribution in [2.24, 2.45) is 0 Å². The van der Waals surface area contributed by atoms with E-state index < -0.39 is 0 Å². The summed E-state index contributed by atoms with van der Waals surface area (Å²) in [4.78, 5) is 4.44. The van der Waals surface area contributed by atoms with Gasteiger partial charge in [-0.1, -0.05) is 6.92 Å². The van der Waals surface area contributed by atoms with E-state index in [9.17, 15) is 0 Å². The number of rotatable bonds is 4. The number of anilines is 1. The van der Waals surface area contributed by atoms with Gasteiger partial charge in [0.05, 0.1) is 11.6 Å². The van der Waals surface area contributed by atoms with Gasteiger partial charge >= 0.3 is 0 Å². The van der Waals surface area contributed by atoms with Crippen molar-refractivity contribution in [1.82, 2.24) is 4.98 Å². The largest absolute Gasteiger partial charge is 0.464 e. The second-order valence-electron chi connectivity index (χ2n) is 4.72. The Labute approximate surface area is 111 Å². The molecule has 0 saturated heterocycles. The summed E-state index contributed by atoms with van der Waals surface area (Å²) in [5.41, 5.74) is 0.907. The molecule has 18 heavy (non-hydrogen) atoms. The van der Waals surface area contributed by atoms with Crippen molar-refractivity contribution >= 4 is 28.5 Å². The van der Waals surface area contributed by atoms with E-state index in [1.165, 1.54) is 25.0 Å². The van der Waals surface area contributed by atoms with Crippen LogP contribution in [0.1, 0.15) is 26.2 Å². The third kappa shape index (κ3) is 2.34. The molecular weight excluding hydrogens is 244 g/mol. The Kier molecular flexibility index (Phi) is 3.46. The van der Waals surface area contributed by atoms with Crippen LogP contribution in [0, 0.1) is 0 Å². The molecule has 1 aliphatic carbocycles. The molecule has 0 amide bonds. The van der Waals surface area contributed by atoms with Crippen LogP contribution in [-0.4, -0.2) is 22.0 Å². The van der Waals surface area contributed by atoms with E-state index >= 15 is 0 Å². The highest BCUT2D eigenvalue weighted by Gasteiger charge is 2.25. The van der Waals surface area contributed by atoms with Crippen molar-refractivity contribution in [2.45, 2.75) is 37.5 Å². The SMILES string of the molecule is CCSC1CCC(Nc2nccc3occc23)C1. The summed E-state index contributed by atoms with van der Waals surface area (Å²) in [6.07, 6.45) is 7.34. The van der Waals surface area contributed by atoms with E-state index in [0.717, 1.165) is 22.0 Å². The first-order valence-electron chi connectivity index (χ1n) is 6.57. The number of aromatic nitrogens is 1. The highest BCUT2D eigenvalue weighted by molar-refractivity contribution is 7.99. The molecule has 1 fully saturated rings. The zero-order valence-electron chi connectivity index (χ0n) is 10.6. The van der Waals surface area contributed by atoms with Crippen LogP contribution in [0.4, 0.5) is 5.82 Å². The van der Waals surface area contributed by atoms with E-state index in [0.29, 0.717) is 6.04 Å². The molecule has 2 aromatic rings. The van der Waals surface area contributed by atoms with Crippen LogP contribution in [0.25, 0.3) is 11.0 Å². The summed E-state index contributed by atoms with van der Waals surface area (Å²) in [5.74, 6) is 2.18. The number of nitrogens with one attached hydrogen (secondary N) is 1. The predicted molar refractivity (Wildman–Crippen MR) is 77.2 cm³/mol. The van der Waals surface area contributed by atoms with Crippen LogP contribution in [0.5, 0.6) is 0 Å². The summed E-state index contributed by atoms with van der Waals surface area (Å²) < 4.78 is 5.40. The molecule has 2 heterocycles. The molecule has 96 valence electrons. The third-order valence-electron chi connectivity index (χ3n) is 3.51. The highest BCUT2D eigenvalue weighted by Crippen LogP contribution is 2.32. The Morgan fingerprint density at radius 2 is 2.39 bits per heavy atom. The van der Waals surface area contributed by atoms with Gasteiger partial charge in [0.2, 0.25) is 0 Å². The van der Waals surface area contributed by atoms with Crippen molar-refractivity contribution in [3.63, 3.8) is 0 Å². The average Bonchev–Trinajstić information content (AvgIpc) is 2.99. The molecule has 0 bridgehead atoms. The molecule has 1 N–H and O–H groups in total. The van der Waals surface area contributed by atoms with Gasteiger partial charge in [-0.05, 0) is 37.1 Å². The Morgan fingerprint density at radius 3 is 3.28 bits per heavy atom. The maximum atomic E-state index is 5.40. The number of fused-ring (bicyclic) bond motifs is 1. The monoisotopic (exact) mass is 262 g/mol. The minimum absolute atomic E-state index is 0.557. The molecule has 0 aromatic carbocycles. The van der Waals surface area contributed by atoms with E-state index in [2.05, 4.69) is 29.0 Å². The summed E-state index contributed by atoms with van der Waals surface area (Å²) in [5, 5.41) is 5.48. The fourth-order valence-corrected chi connectivity index (χ4v) is 3.80. The van der Waals surface area contributed by atoms with Gasteiger partial charge in [0.15, 0.2) is 0 Å². The van der Waals surface area contributed by atoms with Gasteiger partial charge in [-0.25, -0.2) is 4.98 Å². The highest BCUT2D eigenvalue weighted by atomic mass is 32.2. The van der Waals surface area contributed by atoms with Crippen molar-refractivity contribution < 1.29 is 4.42 Å². The van der Waals surface area contributed by atoms with Crippen molar-refractivity contribution in [1.29, 1.82) is 0 Å². The number of hydrogen-bond donors (Lipinski definition) is 1. The standard InChI is InChI=1S/C14H18N2OS/c1-2-18-11-4-3-10(9-11)16-14-12-6-8-17-13(12)5-7-15-14/h5-8,10-11H,2-4,9H2,1H3,(H,15,16). The lowest BCUT2D eigenvalue weighted by Crippen LogP contribution is -2.16. The molecule has 0 spiro atoms. The topological polar surface area (TPSA) is 38.1 Å². The molecule has 0 radical (unpaired) electrons. The van der Waals surface area contributed by atoms with Crippen LogP contribution >= 0.6 is 11.8 Å². The van der Waals surface area contributed by atoms with Crippen LogP contribution in [0.15, 0.2) is 29.0 Å². The smallest absolute Gasteiger partial charge is 0.139 e. The summed E-state index contributed by atoms with van der Waals surface area (Å²) in [6, 6.07) is 4.45. The quantitative estimate of drug-likeness (QED) is 0.906. The summed E-state index contributed by atoms with van der Waals surface area (Å²) >= 11 is 2.08. The van der Waals surface area contributed by atoms with E-state index in [1.54, 1.807) is 12.5 Å². The maximum Gasteiger partial charge on any atom is 0.139 e. The van der Waals surface area contributed by atoms with Crippen LogP contribution in [0.3, 0.4) is 0 Å².